The Bertz CT molecular complexity index is 278. The first-order valence-electron chi connectivity index (χ1n) is 6.23. The van der Waals surface area contributed by atoms with E-state index in [1.807, 2.05) is 13.8 Å². The molecule has 0 radical (unpaired) electrons. The van der Waals surface area contributed by atoms with Crippen molar-refractivity contribution in [1.82, 2.24) is 4.72 Å². The maximum atomic E-state index is 11.7. The molecule has 0 heterocycles. The third-order valence-electron chi connectivity index (χ3n) is 2.34. The van der Waals surface area contributed by atoms with E-state index in [-0.39, 0.29) is 24.5 Å². The predicted octanol–water partition coefficient (Wildman–Crippen LogP) is 0.848. The number of sulfonamides is 1. The average molecular weight is 266 g/mol. The second-order valence-corrected chi connectivity index (χ2v) is 6.30. The molecule has 0 aliphatic carbocycles. The minimum absolute atomic E-state index is 0.00615. The second kappa shape index (κ2) is 8.85. The van der Waals surface area contributed by atoms with Gasteiger partial charge in [0.2, 0.25) is 10.0 Å². The van der Waals surface area contributed by atoms with Gasteiger partial charge in [0.25, 0.3) is 0 Å². The summed E-state index contributed by atoms with van der Waals surface area (Å²) in [5.74, 6) is -0.00615. The van der Waals surface area contributed by atoms with Gasteiger partial charge >= 0.3 is 0 Å². The fourth-order valence-electron chi connectivity index (χ4n) is 1.38. The largest absolute Gasteiger partial charge is 0.378 e. The zero-order valence-electron chi connectivity index (χ0n) is 11.1. The number of rotatable bonds is 10. The van der Waals surface area contributed by atoms with Crippen LogP contribution in [0.15, 0.2) is 0 Å². The van der Waals surface area contributed by atoms with Crippen LogP contribution in [0, 0.1) is 0 Å². The van der Waals surface area contributed by atoms with Gasteiger partial charge in [-0.1, -0.05) is 19.8 Å². The molecular formula is C11H26N2O3S. The lowest BCUT2D eigenvalue weighted by molar-refractivity contribution is 0.0911. The average Bonchev–Trinajstić information content (AvgIpc) is 2.23. The molecule has 3 N–H and O–H groups in total. The van der Waals surface area contributed by atoms with E-state index in [4.69, 9.17) is 10.5 Å². The van der Waals surface area contributed by atoms with Gasteiger partial charge in [-0.05, 0) is 20.3 Å². The maximum Gasteiger partial charge on any atom is 0.214 e. The molecule has 0 saturated heterocycles. The van der Waals surface area contributed by atoms with E-state index in [0.29, 0.717) is 6.54 Å². The highest BCUT2D eigenvalue weighted by atomic mass is 32.2. The zero-order chi connectivity index (χ0) is 13.3. The van der Waals surface area contributed by atoms with Gasteiger partial charge in [-0.25, -0.2) is 13.1 Å². The Labute approximate surface area is 105 Å². The maximum absolute atomic E-state index is 11.7. The molecule has 0 bridgehead atoms. The van der Waals surface area contributed by atoms with Gasteiger partial charge in [0.1, 0.15) is 0 Å². The summed E-state index contributed by atoms with van der Waals surface area (Å²) in [6.45, 7) is 6.38. The molecule has 17 heavy (non-hydrogen) atoms. The van der Waals surface area contributed by atoms with Crippen molar-refractivity contribution in [2.75, 3.05) is 18.9 Å². The van der Waals surface area contributed by atoms with Crippen LogP contribution in [-0.4, -0.2) is 39.5 Å². The summed E-state index contributed by atoms with van der Waals surface area (Å²) >= 11 is 0. The van der Waals surface area contributed by atoms with E-state index < -0.39 is 10.0 Å². The Morgan fingerprint density at radius 3 is 2.47 bits per heavy atom. The predicted molar refractivity (Wildman–Crippen MR) is 70.4 cm³/mol. The van der Waals surface area contributed by atoms with Crippen molar-refractivity contribution < 1.29 is 13.2 Å². The lowest BCUT2D eigenvalue weighted by Gasteiger charge is -2.17. The standard InChI is InChI=1S/C11H26N2O3S/c1-4-5-6-11(9-12)13-17(14,15)8-7-16-10(2)3/h10-11,13H,4-9,12H2,1-3H3. The zero-order valence-corrected chi connectivity index (χ0v) is 11.9. The van der Waals surface area contributed by atoms with E-state index in [9.17, 15) is 8.42 Å². The summed E-state index contributed by atoms with van der Waals surface area (Å²) in [5, 5.41) is 0. The SMILES string of the molecule is CCCCC(CN)NS(=O)(=O)CCOC(C)C. The first-order chi connectivity index (χ1) is 7.91. The van der Waals surface area contributed by atoms with Gasteiger partial charge in [0.15, 0.2) is 0 Å². The normalized spacial score (nSPS) is 14.2. The van der Waals surface area contributed by atoms with Crippen LogP contribution in [0.5, 0.6) is 0 Å². The third kappa shape index (κ3) is 9.52. The van der Waals surface area contributed by atoms with Gasteiger partial charge in [0.05, 0.1) is 18.5 Å². The van der Waals surface area contributed by atoms with Crippen LogP contribution < -0.4 is 10.5 Å². The molecule has 1 atom stereocenters. The fourth-order valence-corrected chi connectivity index (χ4v) is 2.54. The topological polar surface area (TPSA) is 81.4 Å². The van der Waals surface area contributed by atoms with E-state index in [1.165, 1.54) is 0 Å². The van der Waals surface area contributed by atoms with E-state index in [2.05, 4.69) is 11.6 Å². The summed E-state index contributed by atoms with van der Waals surface area (Å²) in [4.78, 5) is 0. The molecule has 104 valence electrons. The Hall–Kier alpha value is -0.170. The van der Waals surface area contributed by atoms with Crippen molar-refractivity contribution >= 4 is 10.0 Å². The molecule has 0 spiro atoms. The third-order valence-corrected chi connectivity index (χ3v) is 3.74. The molecule has 6 heteroatoms. The van der Waals surface area contributed by atoms with Crippen molar-refractivity contribution in [1.29, 1.82) is 0 Å². The molecule has 0 aromatic rings. The van der Waals surface area contributed by atoms with E-state index in [1.54, 1.807) is 0 Å². The highest BCUT2D eigenvalue weighted by Gasteiger charge is 2.16. The molecule has 1 unspecified atom stereocenters. The van der Waals surface area contributed by atoms with Gasteiger partial charge in [0, 0.05) is 12.6 Å². The summed E-state index contributed by atoms with van der Waals surface area (Å²) in [7, 11) is -3.27. The van der Waals surface area contributed by atoms with Crippen molar-refractivity contribution in [3.63, 3.8) is 0 Å². The molecule has 0 aliphatic heterocycles. The van der Waals surface area contributed by atoms with Crippen LogP contribution in [0.1, 0.15) is 40.0 Å². The highest BCUT2D eigenvalue weighted by molar-refractivity contribution is 7.89. The van der Waals surface area contributed by atoms with Crippen LogP contribution in [0.2, 0.25) is 0 Å². The number of ether oxygens (including phenoxy) is 1. The van der Waals surface area contributed by atoms with Crippen LogP contribution in [-0.2, 0) is 14.8 Å². The van der Waals surface area contributed by atoms with Crippen LogP contribution in [0.4, 0.5) is 0 Å². The lowest BCUT2D eigenvalue weighted by atomic mass is 10.1. The van der Waals surface area contributed by atoms with Gasteiger partial charge in [-0.3, -0.25) is 0 Å². The summed E-state index contributed by atoms with van der Waals surface area (Å²) < 4.78 is 31.2. The second-order valence-electron chi connectivity index (χ2n) is 4.43. The minimum atomic E-state index is -3.27. The molecular weight excluding hydrogens is 240 g/mol. The monoisotopic (exact) mass is 266 g/mol. The quantitative estimate of drug-likeness (QED) is 0.614. The van der Waals surface area contributed by atoms with Crippen molar-refractivity contribution in [3.8, 4) is 0 Å². The van der Waals surface area contributed by atoms with Gasteiger partial charge < -0.3 is 10.5 Å². The number of hydrogen-bond acceptors (Lipinski definition) is 4. The summed E-state index contributed by atoms with van der Waals surface area (Å²) in [6, 6.07) is -0.154. The summed E-state index contributed by atoms with van der Waals surface area (Å²) in [6.07, 6.45) is 2.86. The van der Waals surface area contributed by atoms with Gasteiger partial charge in [-0.15, -0.1) is 0 Å². The minimum Gasteiger partial charge on any atom is -0.378 e. The molecule has 0 saturated carbocycles. The summed E-state index contributed by atoms with van der Waals surface area (Å²) in [5.41, 5.74) is 5.54. The van der Waals surface area contributed by atoms with Crippen molar-refractivity contribution in [2.45, 2.75) is 52.2 Å². The van der Waals surface area contributed by atoms with Crippen LogP contribution in [0.25, 0.3) is 0 Å². The number of hydrogen-bond donors (Lipinski definition) is 2. The van der Waals surface area contributed by atoms with E-state index >= 15 is 0 Å². The molecule has 0 aromatic carbocycles. The Morgan fingerprint density at radius 1 is 1.35 bits per heavy atom. The molecule has 5 nitrogen and oxygen atoms in total. The lowest BCUT2D eigenvalue weighted by Crippen LogP contribution is -2.42. The Balaban J connectivity index is 4.03. The Morgan fingerprint density at radius 2 is 2.00 bits per heavy atom. The molecule has 0 aromatic heterocycles. The number of unbranched alkanes of at least 4 members (excludes halogenated alkanes) is 1. The van der Waals surface area contributed by atoms with Crippen LogP contribution in [0.3, 0.4) is 0 Å². The first kappa shape index (κ1) is 16.8. The van der Waals surface area contributed by atoms with Crippen LogP contribution >= 0.6 is 0 Å². The molecule has 0 rings (SSSR count). The van der Waals surface area contributed by atoms with Crippen molar-refractivity contribution in [2.24, 2.45) is 5.73 Å². The number of nitrogens with two attached hydrogens (primary N) is 1. The molecule has 0 fully saturated rings. The molecule has 0 amide bonds. The first-order valence-corrected chi connectivity index (χ1v) is 7.88. The number of nitrogens with one attached hydrogen (secondary N) is 1. The smallest absolute Gasteiger partial charge is 0.214 e. The Kier molecular flexibility index (Phi) is 8.77. The van der Waals surface area contributed by atoms with Crippen molar-refractivity contribution in [3.05, 3.63) is 0 Å². The molecule has 0 aliphatic rings. The highest BCUT2D eigenvalue weighted by Crippen LogP contribution is 2.01. The van der Waals surface area contributed by atoms with Gasteiger partial charge in [-0.2, -0.15) is 0 Å². The van der Waals surface area contributed by atoms with E-state index in [0.717, 1.165) is 19.3 Å². The fraction of sp³-hybridized carbons (Fsp3) is 1.00.